The summed E-state index contributed by atoms with van der Waals surface area (Å²) in [5.74, 6) is 0. The predicted octanol–water partition coefficient (Wildman–Crippen LogP) is 0.663. The van der Waals surface area contributed by atoms with Gasteiger partial charge in [0.1, 0.15) is 0 Å². The number of hydrogen-bond acceptors (Lipinski definition) is 1. The monoisotopic (exact) mass is 191 g/mol. The Balaban J connectivity index is 2.83. The van der Waals surface area contributed by atoms with Crippen molar-refractivity contribution in [3.8, 4) is 0 Å². The molecule has 0 N–H and O–H groups in total. The summed E-state index contributed by atoms with van der Waals surface area (Å²) in [6.45, 7) is 6.27. The molecular formula is C4H7OSn. The third-order valence-electron chi connectivity index (χ3n) is 0.319. The molecule has 33 valence electrons. The van der Waals surface area contributed by atoms with E-state index >= 15 is 0 Å². The standard InChI is InChI=1S/C4H7O.Sn/c1-3-5-4-2;/h1,4H2,2H3;. The first-order chi connectivity index (χ1) is 2.77. The van der Waals surface area contributed by atoms with Crippen molar-refractivity contribution in [3.05, 3.63) is 10.4 Å². The van der Waals surface area contributed by atoms with E-state index in [4.69, 9.17) is 4.74 Å². The fourth-order valence-corrected chi connectivity index (χ4v) is 0.586. The molecule has 0 aromatic rings. The molecular weight excluding hydrogens is 183 g/mol. The van der Waals surface area contributed by atoms with E-state index in [0.717, 1.165) is 10.4 Å². The first-order valence-corrected chi connectivity index (χ1v) is 3.23. The topological polar surface area (TPSA) is 9.23 Å². The Kier molecular flexibility index (Phi) is 3.73. The summed E-state index contributed by atoms with van der Waals surface area (Å²) in [4.78, 5) is 0. The molecule has 0 atom stereocenters. The summed E-state index contributed by atoms with van der Waals surface area (Å²) in [5.41, 5.74) is 0. The van der Waals surface area contributed by atoms with Crippen LogP contribution in [0.4, 0.5) is 0 Å². The molecule has 0 aliphatic carbocycles. The van der Waals surface area contributed by atoms with Crippen LogP contribution < -0.4 is 0 Å². The van der Waals surface area contributed by atoms with Gasteiger partial charge in [0.05, 0.1) is 0 Å². The molecule has 1 nitrogen and oxygen atoms in total. The van der Waals surface area contributed by atoms with E-state index in [2.05, 4.69) is 6.58 Å². The van der Waals surface area contributed by atoms with E-state index in [1.807, 2.05) is 6.92 Å². The van der Waals surface area contributed by atoms with Gasteiger partial charge in [-0.2, -0.15) is 0 Å². The van der Waals surface area contributed by atoms with E-state index in [0.29, 0.717) is 0 Å². The van der Waals surface area contributed by atoms with Crippen LogP contribution in [0.25, 0.3) is 0 Å². The van der Waals surface area contributed by atoms with Crippen LogP contribution in [-0.4, -0.2) is 29.1 Å². The molecule has 0 amide bonds. The average Bonchev–Trinajstić information content (AvgIpc) is 1.35. The zero-order chi connectivity index (χ0) is 4.99. The Hall–Kier alpha value is 0.339. The fraction of sp³-hybridized carbons (Fsp3) is 0.500. The quantitative estimate of drug-likeness (QED) is 0.459. The van der Waals surface area contributed by atoms with Crippen LogP contribution in [0.1, 0.15) is 6.92 Å². The first-order valence-electron chi connectivity index (χ1n) is 1.80. The molecule has 0 spiro atoms. The van der Waals surface area contributed by atoms with Crippen molar-refractivity contribution in [1.29, 1.82) is 0 Å². The fourth-order valence-electron chi connectivity index (χ4n) is 0.174. The van der Waals surface area contributed by atoms with Crippen molar-refractivity contribution in [1.82, 2.24) is 0 Å². The summed E-state index contributed by atoms with van der Waals surface area (Å²) < 4.78 is 5.77. The van der Waals surface area contributed by atoms with Gasteiger partial charge in [-0.15, -0.1) is 0 Å². The van der Waals surface area contributed by atoms with Crippen molar-refractivity contribution in [3.63, 3.8) is 0 Å². The van der Waals surface area contributed by atoms with Gasteiger partial charge in [0.2, 0.25) is 0 Å². The molecule has 0 bridgehead atoms. The third kappa shape index (κ3) is 4.34. The second-order valence-corrected chi connectivity index (χ2v) is 2.45. The molecule has 0 heterocycles. The molecule has 0 aromatic heterocycles. The van der Waals surface area contributed by atoms with Gasteiger partial charge >= 0.3 is 51.1 Å². The Morgan fingerprint density at radius 1 is 2.00 bits per heavy atom. The molecule has 0 aromatic carbocycles. The van der Waals surface area contributed by atoms with Crippen LogP contribution in [0.15, 0.2) is 10.4 Å². The molecule has 0 aliphatic rings. The molecule has 6 heavy (non-hydrogen) atoms. The molecule has 0 aliphatic heterocycles. The summed E-state index contributed by atoms with van der Waals surface area (Å²) >= 11 is 1.27. The molecule has 3 radical (unpaired) electrons. The van der Waals surface area contributed by atoms with Crippen LogP contribution >= 0.6 is 0 Å². The van der Waals surface area contributed by atoms with Gasteiger partial charge in [0.15, 0.2) is 0 Å². The van der Waals surface area contributed by atoms with Crippen LogP contribution in [-0.2, 0) is 4.74 Å². The zero-order valence-electron chi connectivity index (χ0n) is 3.82. The number of hydrogen-bond donors (Lipinski definition) is 0. The van der Waals surface area contributed by atoms with Crippen LogP contribution in [0.5, 0.6) is 0 Å². The van der Waals surface area contributed by atoms with Gasteiger partial charge in [-0.25, -0.2) is 0 Å². The SMILES string of the molecule is C=[C]([Sn])OCC. The molecule has 0 saturated carbocycles. The maximum atomic E-state index is 4.89. The summed E-state index contributed by atoms with van der Waals surface area (Å²) in [6.07, 6.45) is 0. The summed E-state index contributed by atoms with van der Waals surface area (Å²) in [5, 5.41) is 0. The molecule has 0 saturated heterocycles. The zero-order valence-corrected chi connectivity index (χ0v) is 6.68. The minimum atomic E-state index is 0.754. The van der Waals surface area contributed by atoms with E-state index < -0.39 is 0 Å². The van der Waals surface area contributed by atoms with Crippen molar-refractivity contribution < 1.29 is 4.74 Å². The molecule has 0 unspecified atom stereocenters. The van der Waals surface area contributed by atoms with Gasteiger partial charge in [-0.1, -0.05) is 0 Å². The molecule has 0 rings (SSSR count). The van der Waals surface area contributed by atoms with Gasteiger partial charge in [0, 0.05) is 0 Å². The second-order valence-electron chi connectivity index (χ2n) is 0.856. The average molecular weight is 190 g/mol. The van der Waals surface area contributed by atoms with Gasteiger partial charge in [0.25, 0.3) is 0 Å². The van der Waals surface area contributed by atoms with Crippen LogP contribution in [0.3, 0.4) is 0 Å². The van der Waals surface area contributed by atoms with E-state index in [-0.39, 0.29) is 0 Å². The van der Waals surface area contributed by atoms with Crippen LogP contribution in [0, 0.1) is 0 Å². The van der Waals surface area contributed by atoms with E-state index in [1.54, 1.807) is 0 Å². The Bertz CT molecular complexity index is 51.5. The van der Waals surface area contributed by atoms with Gasteiger partial charge in [-0.05, 0) is 0 Å². The van der Waals surface area contributed by atoms with Crippen molar-refractivity contribution >= 4 is 22.5 Å². The Morgan fingerprint density at radius 2 is 2.50 bits per heavy atom. The molecule has 0 fully saturated rings. The van der Waals surface area contributed by atoms with Crippen LogP contribution in [0.2, 0.25) is 0 Å². The van der Waals surface area contributed by atoms with Crippen molar-refractivity contribution in [2.75, 3.05) is 6.61 Å². The third-order valence-corrected chi connectivity index (χ3v) is 0.731. The Labute approximate surface area is 51.5 Å². The van der Waals surface area contributed by atoms with Gasteiger partial charge in [-0.3, -0.25) is 0 Å². The first kappa shape index (κ1) is 6.34. The maximum absolute atomic E-state index is 4.89. The Morgan fingerprint density at radius 3 is 2.50 bits per heavy atom. The predicted molar refractivity (Wildman–Crippen MR) is 26.5 cm³/mol. The van der Waals surface area contributed by atoms with Crippen molar-refractivity contribution in [2.45, 2.75) is 6.92 Å². The minimum absolute atomic E-state index is 0.754. The number of rotatable bonds is 2. The summed E-state index contributed by atoms with van der Waals surface area (Å²) in [6, 6.07) is 0. The normalized spacial score (nSPS) is 7.67. The van der Waals surface area contributed by atoms with E-state index in [1.165, 1.54) is 22.5 Å². The summed E-state index contributed by atoms with van der Waals surface area (Å²) in [7, 11) is 0. The van der Waals surface area contributed by atoms with Crippen molar-refractivity contribution in [2.24, 2.45) is 0 Å². The van der Waals surface area contributed by atoms with E-state index in [9.17, 15) is 0 Å². The van der Waals surface area contributed by atoms with Gasteiger partial charge < -0.3 is 0 Å². The second kappa shape index (κ2) is 3.53. The molecule has 2 heteroatoms. The number of ether oxygens (including phenoxy) is 1.